The fraction of sp³-hybridized carbons (Fsp3) is 0.875. The number of hydrogen-bond acceptors (Lipinski definition) is 3. The van der Waals surface area contributed by atoms with Gasteiger partial charge in [0, 0.05) is 32.2 Å². The highest BCUT2D eigenvalue weighted by Gasteiger charge is 2.21. The van der Waals surface area contributed by atoms with Crippen molar-refractivity contribution in [2.75, 3.05) is 40.3 Å². The Hall–Kier alpha value is -0.390. The molecule has 0 amide bonds. The summed E-state index contributed by atoms with van der Waals surface area (Å²) in [7, 11) is 4.28. The molecule has 0 saturated carbocycles. The number of likely N-dealkylation sites (N-methyl/N-ethyl adjacent to an activating group) is 2. The molecule has 1 atom stereocenters. The first-order valence-electron chi connectivity index (χ1n) is 4.51. The normalized spacial score (nSPS) is 25.8. The number of rotatable bonds is 2. The summed E-state index contributed by atoms with van der Waals surface area (Å²) in [6, 6.07) is 0.514. The Morgan fingerprint density at radius 3 is 2.85 bits per heavy atom. The molecule has 13 heavy (non-hydrogen) atoms. The summed E-state index contributed by atoms with van der Waals surface area (Å²) in [4.78, 5) is 4.66. The van der Waals surface area contributed by atoms with Crippen LogP contribution >= 0.6 is 12.2 Å². The van der Waals surface area contributed by atoms with Crippen LogP contribution in [0.15, 0.2) is 0 Å². The monoisotopic (exact) mass is 202 g/mol. The van der Waals surface area contributed by atoms with Crippen molar-refractivity contribution in [2.24, 2.45) is 5.73 Å². The van der Waals surface area contributed by atoms with Gasteiger partial charge in [0.05, 0.1) is 0 Å². The Bertz CT molecular complexity index is 185. The first-order chi connectivity index (χ1) is 6.09. The van der Waals surface area contributed by atoms with E-state index in [4.69, 9.17) is 18.0 Å². The smallest absolute Gasteiger partial charge is 0.163 e. The second-order valence-corrected chi connectivity index (χ2v) is 4.08. The molecule has 0 radical (unpaired) electrons. The van der Waals surface area contributed by atoms with Crippen molar-refractivity contribution in [2.45, 2.75) is 6.04 Å². The van der Waals surface area contributed by atoms with Gasteiger partial charge < -0.3 is 16.0 Å². The van der Waals surface area contributed by atoms with E-state index in [2.05, 4.69) is 29.2 Å². The lowest BCUT2D eigenvalue weighted by atomic mass is 10.2. The molecule has 1 fully saturated rings. The molecule has 0 aromatic heterocycles. The topological polar surface area (TPSA) is 44.5 Å². The molecule has 1 saturated heterocycles. The zero-order valence-corrected chi connectivity index (χ0v) is 9.10. The van der Waals surface area contributed by atoms with E-state index < -0.39 is 0 Å². The maximum atomic E-state index is 5.38. The van der Waals surface area contributed by atoms with E-state index in [0.717, 1.165) is 26.2 Å². The standard InChI is InChI=1S/C8H18N4S/c1-11-3-4-12(2)7(6-11)5-10-8(9)13/h7H,3-6H2,1-2H3,(H3,9,10,13). The highest BCUT2D eigenvalue weighted by atomic mass is 32.1. The van der Waals surface area contributed by atoms with E-state index in [0.29, 0.717) is 11.2 Å². The lowest BCUT2D eigenvalue weighted by Crippen LogP contribution is -2.54. The van der Waals surface area contributed by atoms with Gasteiger partial charge in [0.25, 0.3) is 0 Å². The van der Waals surface area contributed by atoms with Crippen molar-refractivity contribution in [1.29, 1.82) is 0 Å². The largest absolute Gasteiger partial charge is 0.376 e. The number of hydrogen-bond donors (Lipinski definition) is 2. The molecule has 1 aliphatic rings. The SMILES string of the molecule is CN1CCN(C)C(CNC(N)=S)C1. The van der Waals surface area contributed by atoms with Gasteiger partial charge in [0.2, 0.25) is 0 Å². The Morgan fingerprint density at radius 1 is 1.54 bits per heavy atom. The van der Waals surface area contributed by atoms with Crippen LogP contribution in [0.25, 0.3) is 0 Å². The minimum absolute atomic E-state index is 0.390. The molecule has 3 N–H and O–H groups in total. The van der Waals surface area contributed by atoms with Gasteiger partial charge in [-0.25, -0.2) is 0 Å². The number of nitrogens with two attached hydrogens (primary N) is 1. The molecule has 76 valence electrons. The summed E-state index contributed by atoms with van der Waals surface area (Å²) >= 11 is 4.77. The molecule has 0 aliphatic carbocycles. The minimum Gasteiger partial charge on any atom is -0.376 e. The van der Waals surface area contributed by atoms with E-state index in [1.807, 2.05) is 0 Å². The lowest BCUT2D eigenvalue weighted by molar-refractivity contribution is 0.116. The molecule has 1 aliphatic heterocycles. The van der Waals surface area contributed by atoms with E-state index >= 15 is 0 Å². The number of nitrogens with zero attached hydrogens (tertiary/aromatic N) is 2. The average Bonchev–Trinajstić information content (AvgIpc) is 2.06. The van der Waals surface area contributed by atoms with Gasteiger partial charge >= 0.3 is 0 Å². The van der Waals surface area contributed by atoms with E-state index in [1.165, 1.54) is 0 Å². The molecule has 5 heteroatoms. The van der Waals surface area contributed by atoms with Crippen molar-refractivity contribution in [3.8, 4) is 0 Å². The first kappa shape index (κ1) is 10.7. The van der Waals surface area contributed by atoms with Crippen molar-refractivity contribution in [3.63, 3.8) is 0 Å². The van der Waals surface area contributed by atoms with E-state index in [9.17, 15) is 0 Å². The van der Waals surface area contributed by atoms with Crippen LogP contribution < -0.4 is 11.1 Å². The number of piperazine rings is 1. The van der Waals surface area contributed by atoms with E-state index in [-0.39, 0.29) is 0 Å². The molecule has 1 heterocycles. The molecule has 0 aromatic carbocycles. The molecule has 0 bridgehead atoms. The van der Waals surface area contributed by atoms with Crippen LogP contribution in [-0.4, -0.2) is 61.2 Å². The van der Waals surface area contributed by atoms with Crippen molar-refractivity contribution in [1.82, 2.24) is 15.1 Å². The summed E-state index contributed by atoms with van der Waals surface area (Å²) in [6.45, 7) is 4.17. The highest BCUT2D eigenvalue weighted by molar-refractivity contribution is 7.80. The molecule has 1 rings (SSSR count). The molecule has 4 nitrogen and oxygen atoms in total. The molecular weight excluding hydrogens is 184 g/mol. The van der Waals surface area contributed by atoms with Gasteiger partial charge in [-0.1, -0.05) is 0 Å². The zero-order valence-electron chi connectivity index (χ0n) is 8.29. The average molecular weight is 202 g/mol. The maximum absolute atomic E-state index is 5.38. The first-order valence-corrected chi connectivity index (χ1v) is 4.92. The predicted octanol–water partition coefficient (Wildman–Crippen LogP) is -0.935. The Balaban J connectivity index is 2.33. The van der Waals surface area contributed by atoms with Crippen LogP contribution in [-0.2, 0) is 0 Å². The van der Waals surface area contributed by atoms with Crippen molar-refractivity contribution in [3.05, 3.63) is 0 Å². The van der Waals surface area contributed by atoms with Crippen LogP contribution in [0.3, 0.4) is 0 Å². The fourth-order valence-electron chi connectivity index (χ4n) is 1.54. The summed E-state index contributed by atoms with van der Waals surface area (Å²) < 4.78 is 0. The second-order valence-electron chi connectivity index (χ2n) is 3.64. The maximum Gasteiger partial charge on any atom is 0.163 e. The van der Waals surface area contributed by atoms with Gasteiger partial charge in [-0.15, -0.1) is 0 Å². The fourth-order valence-corrected chi connectivity index (χ4v) is 1.62. The minimum atomic E-state index is 0.390. The zero-order chi connectivity index (χ0) is 9.84. The van der Waals surface area contributed by atoms with Gasteiger partial charge in [-0.3, -0.25) is 4.90 Å². The molecular formula is C8H18N4S. The Morgan fingerprint density at radius 2 is 2.23 bits per heavy atom. The quantitative estimate of drug-likeness (QED) is 0.566. The molecule has 1 unspecified atom stereocenters. The van der Waals surface area contributed by atoms with Crippen molar-refractivity contribution >= 4 is 17.3 Å². The number of thiocarbonyl (C=S) groups is 1. The number of nitrogens with one attached hydrogen (secondary N) is 1. The Kier molecular flexibility index (Phi) is 3.90. The predicted molar refractivity (Wildman–Crippen MR) is 58.7 cm³/mol. The van der Waals surface area contributed by atoms with Crippen LogP contribution in [0.2, 0.25) is 0 Å². The summed E-state index contributed by atoms with van der Waals surface area (Å²) in [5.41, 5.74) is 5.38. The summed E-state index contributed by atoms with van der Waals surface area (Å²) in [5, 5.41) is 3.40. The van der Waals surface area contributed by atoms with Gasteiger partial charge in [-0.05, 0) is 26.3 Å². The van der Waals surface area contributed by atoms with Crippen LogP contribution in [0, 0.1) is 0 Å². The van der Waals surface area contributed by atoms with Crippen LogP contribution in [0.1, 0.15) is 0 Å². The van der Waals surface area contributed by atoms with Crippen LogP contribution in [0.4, 0.5) is 0 Å². The van der Waals surface area contributed by atoms with Gasteiger partial charge in [0.15, 0.2) is 5.11 Å². The summed E-state index contributed by atoms with van der Waals surface area (Å²) in [6.07, 6.45) is 0. The van der Waals surface area contributed by atoms with E-state index in [1.54, 1.807) is 0 Å². The third kappa shape index (κ3) is 3.46. The van der Waals surface area contributed by atoms with Gasteiger partial charge in [0.1, 0.15) is 0 Å². The third-order valence-electron chi connectivity index (χ3n) is 2.49. The molecule has 0 aromatic rings. The van der Waals surface area contributed by atoms with Crippen LogP contribution in [0.5, 0.6) is 0 Å². The van der Waals surface area contributed by atoms with Crippen molar-refractivity contribution < 1.29 is 0 Å². The summed E-state index contributed by atoms with van der Waals surface area (Å²) in [5.74, 6) is 0. The Labute approximate surface area is 85.1 Å². The third-order valence-corrected chi connectivity index (χ3v) is 2.64. The molecule has 0 spiro atoms. The second kappa shape index (κ2) is 4.74. The lowest BCUT2D eigenvalue weighted by Gasteiger charge is -2.37. The van der Waals surface area contributed by atoms with Gasteiger partial charge in [-0.2, -0.15) is 0 Å². The highest BCUT2D eigenvalue weighted by Crippen LogP contribution is 2.04.